The highest BCUT2D eigenvalue weighted by molar-refractivity contribution is 5.89. The Morgan fingerprint density at radius 3 is 2.57 bits per heavy atom. The molecule has 1 atom stereocenters. The average Bonchev–Trinajstić information content (AvgIpc) is 2.55. The summed E-state index contributed by atoms with van der Waals surface area (Å²) in [7, 11) is 0. The van der Waals surface area contributed by atoms with Crippen LogP contribution in [0.2, 0.25) is 0 Å². The highest BCUT2D eigenvalue weighted by Gasteiger charge is 2.13. The van der Waals surface area contributed by atoms with E-state index in [4.69, 9.17) is 5.26 Å². The summed E-state index contributed by atoms with van der Waals surface area (Å²) in [5.41, 5.74) is 1.55. The van der Waals surface area contributed by atoms with E-state index < -0.39 is 18.0 Å². The minimum atomic E-state index is -1.13. The third kappa shape index (κ3) is 4.80. The van der Waals surface area contributed by atoms with Crippen molar-refractivity contribution in [1.82, 2.24) is 5.32 Å². The van der Waals surface area contributed by atoms with Crippen molar-refractivity contribution >= 4 is 11.7 Å². The second kappa shape index (κ2) is 7.92. The summed E-state index contributed by atoms with van der Waals surface area (Å²) in [6.07, 6.45) is -0.818. The molecule has 23 heavy (non-hydrogen) atoms. The normalized spacial score (nSPS) is 11.3. The van der Waals surface area contributed by atoms with Crippen LogP contribution in [0.1, 0.15) is 17.2 Å². The lowest BCUT2D eigenvalue weighted by Gasteiger charge is -2.13. The van der Waals surface area contributed by atoms with Gasteiger partial charge < -0.3 is 15.7 Å². The summed E-state index contributed by atoms with van der Waals surface area (Å²) in [5, 5.41) is 23.6. The van der Waals surface area contributed by atoms with Gasteiger partial charge in [-0.15, -0.1) is 0 Å². The highest BCUT2D eigenvalue weighted by atomic mass is 19.1. The molecule has 2 aromatic carbocycles. The number of carbonyl (C=O) groups is 1. The number of rotatable bonds is 5. The molecule has 5 nitrogen and oxygen atoms in total. The van der Waals surface area contributed by atoms with Gasteiger partial charge in [0.15, 0.2) is 0 Å². The van der Waals surface area contributed by atoms with E-state index in [9.17, 15) is 14.3 Å². The van der Waals surface area contributed by atoms with E-state index in [-0.39, 0.29) is 12.1 Å². The van der Waals surface area contributed by atoms with Gasteiger partial charge in [-0.2, -0.15) is 5.26 Å². The molecule has 0 aliphatic carbocycles. The van der Waals surface area contributed by atoms with Crippen molar-refractivity contribution in [3.05, 3.63) is 65.5 Å². The van der Waals surface area contributed by atoms with Gasteiger partial charge in [0.05, 0.1) is 18.6 Å². The van der Waals surface area contributed by atoms with Crippen LogP contribution >= 0.6 is 0 Å². The predicted molar refractivity (Wildman–Crippen MR) is 84.1 cm³/mol. The number of halogens is 1. The fraction of sp³-hybridized carbons (Fsp3) is 0.176. The van der Waals surface area contributed by atoms with Crippen LogP contribution in [0.5, 0.6) is 0 Å². The lowest BCUT2D eigenvalue weighted by Crippen LogP contribution is -2.32. The van der Waals surface area contributed by atoms with Crippen LogP contribution in [-0.4, -0.2) is 17.7 Å². The molecule has 0 heterocycles. The summed E-state index contributed by atoms with van der Waals surface area (Å²) in [6, 6.07) is 14.2. The maximum atomic E-state index is 13.5. The first-order valence-corrected chi connectivity index (χ1v) is 7.03. The van der Waals surface area contributed by atoms with E-state index in [2.05, 4.69) is 10.6 Å². The molecule has 0 saturated carbocycles. The van der Waals surface area contributed by atoms with Gasteiger partial charge in [0, 0.05) is 17.8 Å². The number of hydrogen-bond acceptors (Lipinski definition) is 3. The third-order valence-electron chi connectivity index (χ3n) is 3.22. The Balaban J connectivity index is 1.85. The molecule has 0 aliphatic heterocycles. The Labute approximate surface area is 133 Å². The minimum absolute atomic E-state index is 0.112. The van der Waals surface area contributed by atoms with Crippen molar-refractivity contribution in [2.75, 3.05) is 11.9 Å². The molecule has 2 amide bonds. The number of nitrogens with one attached hydrogen (secondary N) is 2. The number of anilines is 1. The summed E-state index contributed by atoms with van der Waals surface area (Å²) < 4.78 is 13.5. The Morgan fingerprint density at radius 1 is 1.22 bits per heavy atom. The lowest BCUT2D eigenvalue weighted by molar-refractivity contribution is 0.170. The molecule has 0 spiro atoms. The Morgan fingerprint density at radius 2 is 1.91 bits per heavy atom. The first-order chi connectivity index (χ1) is 11.1. The molecule has 0 aliphatic rings. The first kappa shape index (κ1) is 16.5. The van der Waals surface area contributed by atoms with Crippen LogP contribution in [-0.2, 0) is 6.42 Å². The maximum absolute atomic E-state index is 13.5. The number of urea groups is 1. The number of aliphatic hydroxyl groups excluding tert-OH is 1. The molecule has 2 aromatic rings. The summed E-state index contributed by atoms with van der Waals surface area (Å²) in [6.45, 7) is -0.112. The summed E-state index contributed by atoms with van der Waals surface area (Å²) >= 11 is 0. The van der Waals surface area contributed by atoms with Crippen LogP contribution in [0, 0.1) is 17.1 Å². The summed E-state index contributed by atoms with van der Waals surface area (Å²) in [5.74, 6) is -0.518. The van der Waals surface area contributed by atoms with E-state index in [1.165, 1.54) is 18.2 Å². The number of benzene rings is 2. The standard InChI is InChI=1S/C17H16FN3O2/c18-15-4-2-1-3-14(15)16(22)11-20-17(23)21-13-7-5-12(6-8-13)9-10-19/h1-8,16,22H,9,11H2,(H2,20,21,23). The van der Waals surface area contributed by atoms with Gasteiger partial charge >= 0.3 is 6.03 Å². The quantitative estimate of drug-likeness (QED) is 0.793. The van der Waals surface area contributed by atoms with Crippen molar-refractivity contribution < 1.29 is 14.3 Å². The van der Waals surface area contributed by atoms with Gasteiger partial charge in [-0.3, -0.25) is 0 Å². The van der Waals surface area contributed by atoms with Crippen LogP contribution in [0.4, 0.5) is 14.9 Å². The van der Waals surface area contributed by atoms with Crippen LogP contribution in [0.15, 0.2) is 48.5 Å². The smallest absolute Gasteiger partial charge is 0.319 e. The number of nitrogens with zero attached hydrogens (tertiary/aromatic N) is 1. The van der Waals surface area contributed by atoms with E-state index in [0.29, 0.717) is 12.1 Å². The molecule has 0 saturated heterocycles. The first-order valence-electron chi connectivity index (χ1n) is 7.03. The van der Waals surface area contributed by atoms with E-state index >= 15 is 0 Å². The van der Waals surface area contributed by atoms with Crippen molar-refractivity contribution in [3.8, 4) is 6.07 Å². The van der Waals surface area contributed by atoms with Gasteiger partial charge in [-0.05, 0) is 23.8 Å². The number of hydrogen-bond donors (Lipinski definition) is 3. The zero-order valence-electron chi connectivity index (χ0n) is 12.3. The molecule has 2 rings (SSSR count). The second-order valence-electron chi connectivity index (χ2n) is 4.90. The molecule has 6 heteroatoms. The van der Waals surface area contributed by atoms with Crippen molar-refractivity contribution in [2.45, 2.75) is 12.5 Å². The zero-order chi connectivity index (χ0) is 16.7. The van der Waals surface area contributed by atoms with Crippen LogP contribution in [0.3, 0.4) is 0 Å². The van der Waals surface area contributed by atoms with Gasteiger partial charge in [-0.1, -0.05) is 30.3 Å². The third-order valence-corrected chi connectivity index (χ3v) is 3.22. The Hall–Kier alpha value is -2.91. The zero-order valence-corrected chi connectivity index (χ0v) is 12.3. The number of nitriles is 1. The monoisotopic (exact) mass is 313 g/mol. The second-order valence-corrected chi connectivity index (χ2v) is 4.90. The topological polar surface area (TPSA) is 85.2 Å². The number of aliphatic hydroxyl groups is 1. The molecular formula is C17H16FN3O2. The lowest BCUT2D eigenvalue weighted by atomic mass is 10.1. The van der Waals surface area contributed by atoms with Gasteiger partial charge in [0.1, 0.15) is 5.82 Å². The molecule has 0 aromatic heterocycles. The molecule has 118 valence electrons. The van der Waals surface area contributed by atoms with Gasteiger partial charge in [-0.25, -0.2) is 9.18 Å². The molecule has 3 N–H and O–H groups in total. The van der Waals surface area contributed by atoms with E-state index in [1.807, 2.05) is 6.07 Å². The SMILES string of the molecule is N#CCc1ccc(NC(=O)NCC(O)c2ccccc2F)cc1. The maximum Gasteiger partial charge on any atom is 0.319 e. The molecule has 0 bridgehead atoms. The summed E-state index contributed by atoms with van der Waals surface area (Å²) in [4.78, 5) is 11.8. The van der Waals surface area contributed by atoms with Gasteiger partial charge in [0.25, 0.3) is 0 Å². The fourth-order valence-electron chi connectivity index (χ4n) is 2.02. The van der Waals surface area contributed by atoms with E-state index in [0.717, 1.165) is 5.56 Å². The van der Waals surface area contributed by atoms with Crippen molar-refractivity contribution in [3.63, 3.8) is 0 Å². The highest BCUT2D eigenvalue weighted by Crippen LogP contribution is 2.15. The molecule has 0 fully saturated rings. The van der Waals surface area contributed by atoms with Gasteiger partial charge in [0.2, 0.25) is 0 Å². The average molecular weight is 313 g/mol. The van der Waals surface area contributed by atoms with Crippen molar-refractivity contribution in [2.24, 2.45) is 0 Å². The fourth-order valence-corrected chi connectivity index (χ4v) is 2.02. The van der Waals surface area contributed by atoms with Crippen molar-refractivity contribution in [1.29, 1.82) is 5.26 Å². The predicted octanol–water partition coefficient (Wildman–Crippen LogP) is 2.75. The number of carbonyl (C=O) groups excluding carboxylic acids is 1. The van der Waals surface area contributed by atoms with E-state index in [1.54, 1.807) is 30.3 Å². The Kier molecular flexibility index (Phi) is 5.67. The molecule has 0 radical (unpaired) electrons. The van der Waals surface area contributed by atoms with Crippen LogP contribution in [0.25, 0.3) is 0 Å². The minimum Gasteiger partial charge on any atom is -0.386 e. The number of amides is 2. The van der Waals surface area contributed by atoms with Crippen LogP contribution < -0.4 is 10.6 Å². The molecule has 1 unspecified atom stereocenters. The Bertz CT molecular complexity index is 711. The largest absolute Gasteiger partial charge is 0.386 e. The molecular weight excluding hydrogens is 297 g/mol.